The molecular weight excluding hydrogens is 344 g/mol. The summed E-state index contributed by atoms with van der Waals surface area (Å²) >= 11 is 0. The standard InChI is InChI=1S/C22H26O5/c23-12-18-19(24)20(25)21(26)22(27-18)17-7-3-4-13(9-17)8-14-10-15-5-1-2-6-16(15)11-14/h1-7,9,14,18-26H,8,10-12H2. The number of hydrogen-bond donors (Lipinski definition) is 4. The van der Waals surface area contributed by atoms with Crippen LogP contribution in [-0.4, -0.2) is 51.4 Å². The highest BCUT2D eigenvalue weighted by atomic mass is 16.5. The average Bonchev–Trinajstić information content (AvgIpc) is 3.09. The van der Waals surface area contributed by atoms with E-state index >= 15 is 0 Å². The summed E-state index contributed by atoms with van der Waals surface area (Å²) in [5.41, 5.74) is 4.75. The van der Waals surface area contributed by atoms with Crippen LogP contribution >= 0.6 is 0 Å². The number of rotatable bonds is 4. The van der Waals surface area contributed by atoms with Gasteiger partial charge in [0.25, 0.3) is 0 Å². The molecule has 0 radical (unpaired) electrons. The zero-order valence-electron chi connectivity index (χ0n) is 15.1. The topological polar surface area (TPSA) is 90.2 Å². The molecule has 0 saturated carbocycles. The predicted molar refractivity (Wildman–Crippen MR) is 100 cm³/mol. The molecule has 5 unspecified atom stereocenters. The van der Waals surface area contributed by atoms with E-state index in [4.69, 9.17) is 4.74 Å². The van der Waals surface area contributed by atoms with Gasteiger partial charge in [0.2, 0.25) is 0 Å². The van der Waals surface area contributed by atoms with Gasteiger partial charge < -0.3 is 25.2 Å². The maximum absolute atomic E-state index is 10.4. The summed E-state index contributed by atoms with van der Waals surface area (Å²) in [6.07, 6.45) is -2.52. The lowest BCUT2D eigenvalue weighted by Crippen LogP contribution is -2.55. The van der Waals surface area contributed by atoms with Crippen molar-refractivity contribution in [1.29, 1.82) is 0 Å². The Labute approximate surface area is 158 Å². The van der Waals surface area contributed by atoms with Gasteiger partial charge >= 0.3 is 0 Å². The van der Waals surface area contributed by atoms with Gasteiger partial charge in [-0.1, -0.05) is 48.5 Å². The van der Waals surface area contributed by atoms with Crippen LogP contribution in [0.1, 0.15) is 28.4 Å². The molecule has 4 rings (SSSR count). The van der Waals surface area contributed by atoms with E-state index < -0.39 is 37.1 Å². The van der Waals surface area contributed by atoms with Crippen LogP contribution < -0.4 is 0 Å². The third kappa shape index (κ3) is 3.66. The Hall–Kier alpha value is -1.76. The van der Waals surface area contributed by atoms with Crippen molar-refractivity contribution >= 4 is 0 Å². The molecule has 27 heavy (non-hydrogen) atoms. The molecule has 1 saturated heterocycles. The fourth-order valence-electron chi connectivity index (χ4n) is 4.40. The molecule has 5 nitrogen and oxygen atoms in total. The second-order valence-electron chi connectivity index (χ2n) is 7.74. The van der Waals surface area contributed by atoms with E-state index in [2.05, 4.69) is 30.3 Å². The number of aliphatic hydroxyl groups excluding tert-OH is 4. The molecule has 5 atom stereocenters. The minimum Gasteiger partial charge on any atom is -0.394 e. The molecule has 1 fully saturated rings. The van der Waals surface area contributed by atoms with Crippen molar-refractivity contribution in [2.45, 2.75) is 49.8 Å². The number of aliphatic hydroxyl groups is 4. The molecule has 144 valence electrons. The lowest BCUT2D eigenvalue weighted by molar-refractivity contribution is -0.231. The fraction of sp³-hybridized carbons (Fsp3) is 0.455. The molecule has 0 amide bonds. The van der Waals surface area contributed by atoms with Gasteiger partial charge in [-0.2, -0.15) is 0 Å². The molecule has 4 N–H and O–H groups in total. The summed E-state index contributed by atoms with van der Waals surface area (Å²) in [4.78, 5) is 0. The molecule has 0 bridgehead atoms. The van der Waals surface area contributed by atoms with E-state index in [9.17, 15) is 20.4 Å². The largest absolute Gasteiger partial charge is 0.394 e. The van der Waals surface area contributed by atoms with Crippen molar-refractivity contribution < 1.29 is 25.2 Å². The average molecular weight is 370 g/mol. The maximum atomic E-state index is 10.4. The molecule has 5 heteroatoms. The van der Waals surface area contributed by atoms with Gasteiger partial charge in [-0.05, 0) is 47.4 Å². The van der Waals surface area contributed by atoms with Gasteiger partial charge in [0, 0.05) is 0 Å². The first-order valence-electron chi connectivity index (χ1n) is 9.53. The van der Waals surface area contributed by atoms with E-state index in [0.717, 1.165) is 30.4 Å². The van der Waals surface area contributed by atoms with Gasteiger partial charge in [0.15, 0.2) is 0 Å². The minimum absolute atomic E-state index is 0.415. The van der Waals surface area contributed by atoms with Crippen LogP contribution in [0.2, 0.25) is 0 Å². The summed E-state index contributed by atoms with van der Waals surface area (Å²) in [5, 5.41) is 39.7. The Bertz CT molecular complexity index is 765. The molecular formula is C22H26O5. The highest BCUT2D eigenvalue weighted by Crippen LogP contribution is 2.34. The fourth-order valence-corrected chi connectivity index (χ4v) is 4.40. The first-order valence-corrected chi connectivity index (χ1v) is 9.53. The summed E-state index contributed by atoms with van der Waals surface area (Å²) in [5.74, 6) is 0.549. The number of hydrogen-bond acceptors (Lipinski definition) is 5. The zero-order valence-corrected chi connectivity index (χ0v) is 15.1. The first-order chi connectivity index (χ1) is 13.1. The van der Waals surface area contributed by atoms with E-state index in [-0.39, 0.29) is 0 Å². The van der Waals surface area contributed by atoms with Crippen molar-refractivity contribution in [2.24, 2.45) is 5.92 Å². The van der Waals surface area contributed by atoms with Crippen molar-refractivity contribution in [2.75, 3.05) is 6.61 Å². The summed E-state index contributed by atoms with van der Waals surface area (Å²) in [6.45, 7) is -0.415. The predicted octanol–water partition coefficient (Wildman–Crippen LogP) is 1.16. The van der Waals surface area contributed by atoms with Gasteiger partial charge in [-0.15, -0.1) is 0 Å². The van der Waals surface area contributed by atoms with Crippen molar-refractivity contribution in [3.8, 4) is 0 Å². The monoisotopic (exact) mass is 370 g/mol. The number of ether oxygens (including phenoxy) is 1. The Balaban J connectivity index is 1.49. The maximum Gasteiger partial charge on any atom is 0.113 e. The first kappa shape index (κ1) is 18.6. The third-order valence-corrected chi connectivity index (χ3v) is 5.83. The minimum atomic E-state index is -1.35. The van der Waals surface area contributed by atoms with E-state index in [0.29, 0.717) is 5.92 Å². The van der Waals surface area contributed by atoms with Gasteiger partial charge in [0.05, 0.1) is 6.61 Å². The lowest BCUT2D eigenvalue weighted by Gasteiger charge is -2.40. The Morgan fingerprint density at radius 1 is 0.852 bits per heavy atom. The van der Waals surface area contributed by atoms with Crippen LogP contribution in [0.5, 0.6) is 0 Å². The normalized spacial score (nSPS) is 31.0. The van der Waals surface area contributed by atoms with Gasteiger partial charge in [-0.3, -0.25) is 0 Å². The molecule has 0 spiro atoms. The highest BCUT2D eigenvalue weighted by molar-refractivity contribution is 5.34. The smallest absolute Gasteiger partial charge is 0.113 e. The Kier molecular flexibility index (Phi) is 5.30. The lowest BCUT2D eigenvalue weighted by atomic mass is 9.89. The van der Waals surface area contributed by atoms with E-state index in [1.807, 2.05) is 18.2 Å². The highest BCUT2D eigenvalue weighted by Gasteiger charge is 2.43. The van der Waals surface area contributed by atoms with Crippen LogP contribution in [-0.2, 0) is 24.0 Å². The van der Waals surface area contributed by atoms with Crippen LogP contribution in [0.15, 0.2) is 48.5 Å². The van der Waals surface area contributed by atoms with E-state index in [1.165, 1.54) is 11.1 Å². The van der Waals surface area contributed by atoms with E-state index in [1.54, 1.807) is 0 Å². The molecule has 2 aromatic carbocycles. The molecule has 1 aliphatic heterocycles. The third-order valence-electron chi connectivity index (χ3n) is 5.83. The molecule has 0 aromatic heterocycles. The molecule has 2 aromatic rings. The molecule has 2 aliphatic rings. The number of benzene rings is 2. The summed E-state index contributed by atoms with van der Waals surface area (Å²) < 4.78 is 5.68. The van der Waals surface area contributed by atoms with Crippen LogP contribution in [0.25, 0.3) is 0 Å². The van der Waals surface area contributed by atoms with Crippen molar-refractivity contribution in [1.82, 2.24) is 0 Å². The molecule has 1 aliphatic carbocycles. The summed E-state index contributed by atoms with van der Waals surface area (Å²) in [7, 11) is 0. The molecule has 1 heterocycles. The number of fused-ring (bicyclic) bond motifs is 1. The van der Waals surface area contributed by atoms with Gasteiger partial charge in [-0.25, -0.2) is 0 Å². The second kappa shape index (κ2) is 7.70. The SMILES string of the molecule is OCC1OC(c2cccc(CC3Cc4ccccc4C3)c2)C(O)C(O)C1O. The van der Waals surface area contributed by atoms with Gasteiger partial charge in [0.1, 0.15) is 30.5 Å². The zero-order chi connectivity index (χ0) is 19.0. The van der Waals surface area contributed by atoms with Crippen LogP contribution in [0, 0.1) is 5.92 Å². The van der Waals surface area contributed by atoms with Crippen molar-refractivity contribution in [3.63, 3.8) is 0 Å². The van der Waals surface area contributed by atoms with Crippen LogP contribution in [0.3, 0.4) is 0 Å². The summed E-state index contributed by atoms with van der Waals surface area (Å²) in [6, 6.07) is 16.4. The van der Waals surface area contributed by atoms with Crippen LogP contribution in [0.4, 0.5) is 0 Å². The van der Waals surface area contributed by atoms with Crippen molar-refractivity contribution in [3.05, 3.63) is 70.8 Å². The quantitative estimate of drug-likeness (QED) is 0.649. The Morgan fingerprint density at radius 2 is 1.56 bits per heavy atom. The Morgan fingerprint density at radius 3 is 2.22 bits per heavy atom. The second-order valence-corrected chi connectivity index (χ2v) is 7.74.